The van der Waals surface area contributed by atoms with E-state index in [-0.39, 0.29) is 94.5 Å². The van der Waals surface area contributed by atoms with Crippen molar-refractivity contribution in [2.24, 2.45) is 29.6 Å². The van der Waals surface area contributed by atoms with E-state index in [9.17, 15) is 62.0 Å². The maximum absolute atomic E-state index is 14.5. The second kappa shape index (κ2) is 45.0. The van der Waals surface area contributed by atoms with Gasteiger partial charge in [0.25, 0.3) is 69.3 Å². The van der Waals surface area contributed by atoms with Crippen molar-refractivity contribution >= 4 is 104 Å². The van der Waals surface area contributed by atoms with Gasteiger partial charge in [-0.2, -0.15) is 21.8 Å². The minimum absolute atomic E-state index is 0.0139. The molecule has 4 saturated heterocycles. The molecular weight excluding hydrogens is 1970 g/mol. The summed E-state index contributed by atoms with van der Waals surface area (Å²) in [6, 6.07) is 51.0. The number of hydrogen-bond donors (Lipinski definition) is 8. The SMILES string of the molecule is CC(C)(C)c1ccc(C(=O)NS(=O)(=O)c2cccc(N)n2)c(N2CCC(Cc3ccccc3)C2(C)C)n1.CC(C)COc1cc(F)cc(-c2ccc(C(=O)NS(=O)(=O)c3cccc(N)n3)c(N3CC(C)CCC3C)n2)c1.COc1ccc(-c2ccc(C(=O)NS(=O)(=O)c3ccc[nH]c3=O)c(N3C[C@@H](C)CC3(C)C)n2)c(OC)n1.Cc1ccc(-c2ccc(C(=O)NS(=O)(=O)c3cccnc3N)c(N3C[C@@H](C)CC3(C)C)n2)cc1C. The molecule has 0 bridgehead atoms. The average molecular weight is 2100 g/mol. The quantitative estimate of drug-likeness (QED) is 0.0250. The molecule has 36 nitrogen and oxygen atoms in total. The first-order valence-corrected chi connectivity index (χ1v) is 54.4. The summed E-state index contributed by atoms with van der Waals surface area (Å²) in [5, 5.41) is -0.679. The lowest BCUT2D eigenvalue weighted by Gasteiger charge is -2.38. The molecule has 0 spiro atoms. The fourth-order valence-corrected chi connectivity index (χ4v) is 22.6. The standard InChI is InChI=1S/C28H34FN5O4S.C28H35N5O3S.C26H31N5O3S.C25H29N5O6S/c1-17(2)16-38-22-13-20(12-21(29)14-22)24-11-10-23(27(31-24)34-15-18(3)8-9-19(34)4)28(35)33-39(36,37)26-7-5-6-25(30)32-26;1-27(2,3)22-15-14-21(26(34)32-37(35,36)24-13-9-12-23(29)31-24)25(30-22)33-17-16-20(28(33,4)5)18-19-10-7-6-8-11-19;1-16-14-26(4,5)31(15-16)24-20(10-11-21(29-24)19-9-8-17(2)18(3)13-19)25(32)30-35(33,34)22-7-6-12-28-23(22)27;1-15-13-25(2,3)30(14-15)21-17(22(31)29-37(33,34)19-7-6-12-26-23(19)32)8-10-18(27-21)16-9-11-20(35-4)28-24(16)36-5/h5-7,10-14,17-19H,8-9,15-16H2,1-4H3,(H2,30,32)(H,33,35);6-15,20H,16-18H2,1-5H3,(H2,29,31)(H,32,34);6-13,16H,14-15H2,1-5H3,(H2,27,28)(H,30,32);6-12,15H,13-14H2,1-5H3,(H,26,32)(H,29,31)/t;;16-;15-/m..00/s1. The van der Waals surface area contributed by atoms with E-state index in [0.29, 0.717) is 114 Å². The lowest BCUT2D eigenvalue weighted by molar-refractivity contribution is 0.0972. The fourth-order valence-electron chi connectivity index (χ4n) is 18.7. The third-order valence-corrected chi connectivity index (χ3v) is 31.6. The second-order valence-corrected chi connectivity index (χ2v) is 47.6. The van der Waals surface area contributed by atoms with Crippen LogP contribution in [0.5, 0.6) is 17.5 Å². The number of benzene rings is 3. The van der Waals surface area contributed by atoms with Crippen molar-refractivity contribution in [2.45, 2.75) is 204 Å². The molecule has 4 aliphatic heterocycles. The first-order chi connectivity index (χ1) is 69.6. The van der Waals surface area contributed by atoms with Crippen LogP contribution in [-0.2, 0) is 51.9 Å². The second-order valence-electron chi connectivity index (χ2n) is 41.0. The molecule has 4 amide bonds. The van der Waals surface area contributed by atoms with Crippen LogP contribution < -0.4 is 75.5 Å². The summed E-state index contributed by atoms with van der Waals surface area (Å²) in [7, 11) is -14.2. The Balaban J connectivity index is 0.000000165. The number of aromatic amines is 1. The number of H-pyrrole nitrogens is 1. The molecule has 784 valence electrons. The summed E-state index contributed by atoms with van der Waals surface area (Å²) in [5.74, 6) is 0.423. The lowest BCUT2D eigenvalue weighted by Crippen LogP contribution is -2.45. The predicted molar refractivity (Wildman–Crippen MR) is 570 cm³/mol. The Morgan fingerprint density at radius 2 is 1.03 bits per heavy atom. The van der Waals surface area contributed by atoms with Gasteiger partial charge in [-0.05, 0) is 268 Å². The molecule has 16 rings (SSSR count). The van der Waals surface area contributed by atoms with Crippen molar-refractivity contribution in [1.82, 2.24) is 63.7 Å². The van der Waals surface area contributed by atoms with E-state index < -0.39 is 80.0 Å². The maximum Gasteiger partial charge on any atom is 0.281 e. The zero-order valence-corrected chi connectivity index (χ0v) is 89.7. The monoisotopic (exact) mass is 2100 g/mol. The van der Waals surface area contributed by atoms with Gasteiger partial charge in [0.2, 0.25) is 11.8 Å². The number of halogens is 1. The van der Waals surface area contributed by atoms with E-state index in [1.807, 2.05) is 86.4 Å². The molecule has 4 fully saturated rings. The number of aromatic nitrogens is 9. The Morgan fingerprint density at radius 1 is 0.507 bits per heavy atom. The smallest absolute Gasteiger partial charge is 0.281 e. The van der Waals surface area contributed by atoms with Crippen LogP contribution in [-0.4, -0.2) is 172 Å². The topological polar surface area (TPSA) is 508 Å². The van der Waals surface area contributed by atoms with E-state index >= 15 is 0 Å². The first-order valence-electron chi connectivity index (χ1n) is 48.5. The number of pyridine rings is 9. The van der Waals surface area contributed by atoms with E-state index in [4.69, 9.17) is 51.3 Å². The molecule has 9 aromatic heterocycles. The molecule has 12 aromatic rings. The molecule has 41 heteroatoms. The number of piperidine rings is 1. The molecule has 0 saturated carbocycles. The summed E-state index contributed by atoms with van der Waals surface area (Å²) >= 11 is 0. The number of sulfonamides is 4. The average Bonchev–Trinajstić information content (AvgIpc) is 1.58. The van der Waals surface area contributed by atoms with Crippen LogP contribution in [0.25, 0.3) is 33.8 Å². The van der Waals surface area contributed by atoms with Crippen molar-refractivity contribution in [2.75, 3.05) is 83.8 Å². The molecule has 4 aliphatic rings. The van der Waals surface area contributed by atoms with Crippen LogP contribution in [0.2, 0.25) is 0 Å². The van der Waals surface area contributed by atoms with Crippen LogP contribution in [0.1, 0.15) is 200 Å². The van der Waals surface area contributed by atoms with Gasteiger partial charge in [-0.15, -0.1) is 0 Å². The van der Waals surface area contributed by atoms with Gasteiger partial charge in [0.05, 0.1) is 65.7 Å². The van der Waals surface area contributed by atoms with E-state index in [1.165, 1.54) is 117 Å². The van der Waals surface area contributed by atoms with Gasteiger partial charge in [-0.3, -0.25) is 24.0 Å². The Bertz CT molecular complexity index is 7520. The molecule has 13 heterocycles. The van der Waals surface area contributed by atoms with Gasteiger partial charge in [0.15, 0.2) is 14.9 Å². The zero-order valence-electron chi connectivity index (χ0n) is 86.4. The molecule has 148 heavy (non-hydrogen) atoms. The number of methoxy groups -OCH3 is 2. The Kier molecular flexibility index (Phi) is 33.6. The van der Waals surface area contributed by atoms with Crippen LogP contribution in [0, 0.1) is 49.3 Å². The zero-order chi connectivity index (χ0) is 108. The van der Waals surface area contributed by atoms with E-state index in [0.717, 1.165) is 67.1 Å². The number of aryl methyl sites for hydroxylation is 2. The summed E-state index contributed by atoms with van der Waals surface area (Å²) in [5.41, 5.74) is 23.6. The third kappa shape index (κ3) is 26.1. The van der Waals surface area contributed by atoms with Gasteiger partial charge in [-0.1, -0.05) is 110 Å². The number of nitrogens with two attached hydrogens (primary N) is 3. The molecule has 0 aliphatic carbocycles. The van der Waals surface area contributed by atoms with Gasteiger partial charge in [0.1, 0.15) is 57.2 Å². The van der Waals surface area contributed by atoms with Crippen molar-refractivity contribution in [3.8, 4) is 51.3 Å². The third-order valence-electron chi connectivity index (χ3n) is 26.4. The number of anilines is 7. The van der Waals surface area contributed by atoms with Crippen LogP contribution >= 0.6 is 0 Å². The van der Waals surface area contributed by atoms with Crippen molar-refractivity contribution < 1.29 is 71.5 Å². The van der Waals surface area contributed by atoms with E-state index in [2.05, 4.69) is 143 Å². The van der Waals surface area contributed by atoms with E-state index in [1.54, 1.807) is 54.6 Å². The predicted octanol–water partition coefficient (Wildman–Crippen LogP) is 15.6. The highest BCUT2D eigenvalue weighted by Gasteiger charge is 2.46. The van der Waals surface area contributed by atoms with Crippen LogP contribution in [0.4, 0.5) is 45.1 Å². The van der Waals surface area contributed by atoms with Gasteiger partial charge >= 0.3 is 0 Å². The largest absolute Gasteiger partial charge is 0.493 e. The normalized spacial score (nSPS) is 17.4. The molecule has 5 atom stereocenters. The van der Waals surface area contributed by atoms with Gasteiger partial charge in [0, 0.05) is 95.6 Å². The summed E-state index contributed by atoms with van der Waals surface area (Å²) in [4.78, 5) is 111. The molecule has 0 radical (unpaired) electrons. The van der Waals surface area contributed by atoms with Crippen molar-refractivity contribution in [3.63, 3.8) is 0 Å². The number of rotatable bonds is 26. The molecule has 3 unspecified atom stereocenters. The Morgan fingerprint density at radius 3 is 1.55 bits per heavy atom. The molecular formula is C107H129FN20O16S4. The molecule has 11 N–H and O–H groups in total. The summed E-state index contributed by atoms with van der Waals surface area (Å²) in [6.45, 7) is 38.4. The minimum Gasteiger partial charge on any atom is -0.493 e. The number of nitrogens with zero attached hydrogens (tertiary/aromatic N) is 12. The Labute approximate surface area is 864 Å². The maximum atomic E-state index is 14.5. The fraction of sp³-hybridized carbons (Fsp3) is 0.374. The first kappa shape index (κ1) is 111. The van der Waals surface area contributed by atoms with Gasteiger partial charge in [-0.25, -0.2) is 75.0 Å². The summed E-state index contributed by atoms with van der Waals surface area (Å²) in [6.07, 6.45) is 8.21. The number of carbonyl (C=O) groups excluding carboxylic acids is 4. The number of amides is 4. The highest BCUT2D eigenvalue weighted by atomic mass is 32.2. The van der Waals surface area contributed by atoms with Crippen LogP contribution in [0.15, 0.2) is 225 Å². The van der Waals surface area contributed by atoms with Gasteiger partial charge < -0.3 is 56.0 Å². The number of carbonyl (C=O) groups is 4. The highest BCUT2D eigenvalue weighted by Crippen LogP contribution is 2.45. The van der Waals surface area contributed by atoms with Crippen LogP contribution in [0.3, 0.4) is 0 Å². The number of hydrogen-bond acceptors (Lipinski definition) is 31. The number of nitrogens with one attached hydrogen (secondary N) is 5. The molecule has 3 aromatic carbocycles. The lowest BCUT2D eigenvalue weighted by atomic mass is 9.83. The highest BCUT2D eigenvalue weighted by molar-refractivity contribution is 7.91. The van der Waals surface area contributed by atoms with Crippen molar-refractivity contribution in [3.05, 3.63) is 261 Å². The number of ether oxygens (including phenoxy) is 3. The summed E-state index contributed by atoms with van der Waals surface area (Å²) < 4.78 is 143. The Hall–Kier alpha value is -14.6. The number of nitrogen functional groups attached to an aromatic ring is 3. The van der Waals surface area contributed by atoms with Crippen molar-refractivity contribution in [1.29, 1.82) is 0 Å². The minimum atomic E-state index is -4.43.